The van der Waals surface area contributed by atoms with Crippen molar-refractivity contribution in [3.8, 4) is 17.0 Å². The number of ether oxygens (including phenoxy) is 1. The van der Waals surface area contributed by atoms with Gasteiger partial charge in [-0.05, 0) is 6.92 Å². The van der Waals surface area contributed by atoms with Gasteiger partial charge in [-0.1, -0.05) is 25.4 Å². The van der Waals surface area contributed by atoms with Crippen molar-refractivity contribution in [2.45, 2.75) is 39.9 Å². The molecular formula is C17H19ClF3N3O3. The van der Waals surface area contributed by atoms with Gasteiger partial charge >= 0.3 is 12.1 Å². The molecule has 0 spiro atoms. The number of carbonyl (C=O) groups is 1. The second-order valence-corrected chi connectivity index (χ2v) is 6.94. The van der Waals surface area contributed by atoms with Crippen LogP contribution >= 0.6 is 11.6 Å². The molecule has 2 aromatic rings. The summed E-state index contributed by atoms with van der Waals surface area (Å²) in [5.41, 5.74) is -1.47. The van der Waals surface area contributed by atoms with Crippen molar-refractivity contribution < 1.29 is 27.8 Å². The highest BCUT2D eigenvalue weighted by Gasteiger charge is 2.47. The predicted molar refractivity (Wildman–Crippen MR) is 93.2 cm³/mol. The molecule has 2 rings (SSSR count). The predicted octanol–water partition coefficient (Wildman–Crippen LogP) is 4.46. The van der Waals surface area contributed by atoms with Crippen molar-refractivity contribution in [2.24, 2.45) is 5.41 Å². The number of alkyl halides is 3. The molecular weight excluding hydrogens is 387 g/mol. The van der Waals surface area contributed by atoms with Gasteiger partial charge in [-0.2, -0.15) is 18.3 Å². The summed E-state index contributed by atoms with van der Waals surface area (Å²) in [5, 5.41) is 13.1. The Bertz CT molecular complexity index is 863. The first-order valence-electron chi connectivity index (χ1n) is 8.02. The maximum Gasteiger partial charge on any atom is 0.394 e. The average Bonchev–Trinajstić information content (AvgIpc) is 2.90. The summed E-state index contributed by atoms with van der Waals surface area (Å²) in [5.74, 6) is -1.06. The van der Waals surface area contributed by atoms with Gasteiger partial charge in [0, 0.05) is 30.9 Å². The van der Waals surface area contributed by atoms with Crippen LogP contribution in [-0.4, -0.2) is 39.1 Å². The highest BCUT2D eigenvalue weighted by Crippen LogP contribution is 2.41. The zero-order valence-electron chi connectivity index (χ0n) is 15.2. The molecule has 2 aromatic heterocycles. The molecule has 0 atom stereocenters. The largest absolute Gasteiger partial charge is 0.496 e. The Balaban J connectivity index is 2.54. The third-order valence-electron chi connectivity index (χ3n) is 4.18. The maximum atomic E-state index is 13.1. The summed E-state index contributed by atoms with van der Waals surface area (Å²) in [6, 6.07) is 1.40. The third-order valence-corrected chi connectivity index (χ3v) is 4.54. The Morgan fingerprint density at radius 2 is 2.00 bits per heavy atom. The molecule has 148 valence electrons. The molecule has 2 heterocycles. The van der Waals surface area contributed by atoms with Gasteiger partial charge in [0.1, 0.15) is 10.8 Å². The first kappa shape index (κ1) is 21.0. The van der Waals surface area contributed by atoms with Crippen LogP contribution in [0.3, 0.4) is 0 Å². The van der Waals surface area contributed by atoms with Gasteiger partial charge in [0.2, 0.25) is 0 Å². The summed E-state index contributed by atoms with van der Waals surface area (Å²) in [6.07, 6.45) is -3.41. The van der Waals surface area contributed by atoms with Crippen molar-refractivity contribution >= 4 is 17.6 Å². The normalized spacial score (nSPS) is 12.3. The van der Waals surface area contributed by atoms with Crippen LogP contribution in [0.2, 0.25) is 5.02 Å². The number of methoxy groups -OCH3 is 1. The lowest BCUT2D eigenvalue weighted by Crippen LogP contribution is -2.34. The van der Waals surface area contributed by atoms with E-state index in [4.69, 9.17) is 16.3 Å². The van der Waals surface area contributed by atoms with Crippen molar-refractivity contribution in [1.82, 2.24) is 14.8 Å². The third kappa shape index (κ3) is 4.02. The molecule has 0 saturated heterocycles. The topological polar surface area (TPSA) is 77.2 Å². The van der Waals surface area contributed by atoms with Crippen molar-refractivity contribution in [3.05, 3.63) is 28.7 Å². The fourth-order valence-electron chi connectivity index (χ4n) is 2.54. The Hall–Kier alpha value is -2.29. The van der Waals surface area contributed by atoms with E-state index in [1.165, 1.54) is 24.1 Å². The van der Waals surface area contributed by atoms with Gasteiger partial charge < -0.3 is 9.84 Å². The van der Waals surface area contributed by atoms with Crippen LogP contribution < -0.4 is 4.74 Å². The van der Waals surface area contributed by atoms with Crippen molar-refractivity contribution in [2.75, 3.05) is 7.11 Å². The number of nitrogens with zero attached hydrogens (tertiary/aromatic N) is 3. The standard InChI is InChI=1S/C17H19ClF3N3O3/c1-5-24-14(12(18)13(23-24)15(25)26)10-8-22-9(6-11(10)27-4)7-16(2,3)17(19,20)21/h6,8H,5,7H2,1-4H3,(H,25,26). The van der Waals surface area contributed by atoms with Crippen LogP contribution in [0.1, 0.15) is 37.0 Å². The van der Waals surface area contributed by atoms with Gasteiger partial charge in [0.05, 0.1) is 23.8 Å². The Morgan fingerprint density at radius 3 is 2.48 bits per heavy atom. The number of carboxylic acid groups (broad SMARTS) is 1. The second-order valence-electron chi connectivity index (χ2n) is 6.57. The Labute approximate surface area is 158 Å². The number of aromatic carboxylic acids is 1. The first-order valence-corrected chi connectivity index (χ1v) is 8.40. The molecule has 0 aromatic carbocycles. The van der Waals surface area contributed by atoms with E-state index in [0.29, 0.717) is 12.1 Å². The van der Waals surface area contributed by atoms with Crippen LogP contribution in [0.5, 0.6) is 5.75 Å². The smallest absolute Gasteiger partial charge is 0.394 e. The van der Waals surface area contributed by atoms with Gasteiger partial charge in [-0.3, -0.25) is 9.67 Å². The highest BCUT2D eigenvalue weighted by atomic mass is 35.5. The minimum absolute atomic E-state index is 0.0900. The van der Waals surface area contributed by atoms with Crippen LogP contribution in [0, 0.1) is 5.41 Å². The zero-order valence-corrected chi connectivity index (χ0v) is 15.9. The maximum absolute atomic E-state index is 13.1. The number of aryl methyl sites for hydroxylation is 1. The quantitative estimate of drug-likeness (QED) is 0.768. The van der Waals surface area contributed by atoms with E-state index in [0.717, 1.165) is 13.8 Å². The number of carboxylic acids is 1. The van der Waals surface area contributed by atoms with E-state index in [-0.39, 0.29) is 34.3 Å². The number of hydrogen-bond donors (Lipinski definition) is 1. The fraction of sp³-hybridized carbons (Fsp3) is 0.471. The average molecular weight is 406 g/mol. The molecule has 0 unspecified atom stereocenters. The lowest BCUT2D eigenvalue weighted by Gasteiger charge is -2.27. The zero-order chi connectivity index (χ0) is 20.6. The second kappa shape index (κ2) is 7.38. The molecule has 0 aliphatic rings. The van der Waals surface area contributed by atoms with Gasteiger partial charge in [0.25, 0.3) is 0 Å². The van der Waals surface area contributed by atoms with Crippen molar-refractivity contribution in [1.29, 1.82) is 0 Å². The Kier molecular flexibility index (Phi) is 5.74. The van der Waals surface area contributed by atoms with E-state index in [1.807, 2.05) is 0 Å². The Morgan fingerprint density at radius 1 is 1.37 bits per heavy atom. The summed E-state index contributed by atoms with van der Waals surface area (Å²) >= 11 is 6.18. The summed E-state index contributed by atoms with van der Waals surface area (Å²) in [4.78, 5) is 15.4. The van der Waals surface area contributed by atoms with Crippen LogP contribution in [0.4, 0.5) is 13.2 Å². The number of pyridine rings is 1. The molecule has 1 N–H and O–H groups in total. The van der Waals surface area contributed by atoms with E-state index in [1.54, 1.807) is 6.92 Å². The monoisotopic (exact) mass is 405 g/mol. The number of hydrogen-bond acceptors (Lipinski definition) is 4. The lowest BCUT2D eigenvalue weighted by atomic mass is 9.86. The molecule has 10 heteroatoms. The van der Waals surface area contributed by atoms with E-state index < -0.39 is 17.6 Å². The van der Waals surface area contributed by atoms with Gasteiger partial charge in [-0.15, -0.1) is 0 Å². The van der Waals surface area contributed by atoms with E-state index >= 15 is 0 Å². The molecule has 0 radical (unpaired) electrons. The number of halogens is 4. The van der Waals surface area contributed by atoms with Crippen LogP contribution in [0.25, 0.3) is 11.3 Å². The minimum atomic E-state index is -4.39. The summed E-state index contributed by atoms with van der Waals surface area (Å²) < 4.78 is 46.1. The summed E-state index contributed by atoms with van der Waals surface area (Å²) in [6.45, 7) is 4.27. The summed E-state index contributed by atoms with van der Waals surface area (Å²) in [7, 11) is 1.36. The van der Waals surface area contributed by atoms with Crippen LogP contribution in [0.15, 0.2) is 12.3 Å². The van der Waals surface area contributed by atoms with E-state index in [2.05, 4.69) is 10.1 Å². The molecule has 0 aliphatic heterocycles. The molecule has 27 heavy (non-hydrogen) atoms. The van der Waals surface area contributed by atoms with Gasteiger partial charge in [0.15, 0.2) is 5.69 Å². The minimum Gasteiger partial charge on any atom is -0.496 e. The molecule has 0 aliphatic carbocycles. The van der Waals surface area contributed by atoms with Gasteiger partial charge in [-0.25, -0.2) is 4.79 Å². The number of rotatable bonds is 6. The fourth-order valence-corrected chi connectivity index (χ4v) is 2.85. The molecule has 0 bridgehead atoms. The lowest BCUT2D eigenvalue weighted by molar-refractivity contribution is -0.211. The molecule has 0 fully saturated rings. The molecule has 6 nitrogen and oxygen atoms in total. The first-order chi connectivity index (χ1) is 12.4. The SMILES string of the molecule is CCn1nc(C(=O)O)c(Cl)c1-c1cnc(CC(C)(C)C(F)(F)F)cc1OC. The highest BCUT2D eigenvalue weighted by molar-refractivity contribution is 6.35. The molecule has 0 saturated carbocycles. The molecule has 0 amide bonds. The van der Waals surface area contributed by atoms with Crippen molar-refractivity contribution in [3.63, 3.8) is 0 Å². The number of aromatic nitrogens is 3. The van der Waals surface area contributed by atoms with E-state index in [9.17, 15) is 23.1 Å². The van der Waals surface area contributed by atoms with Crippen LogP contribution in [-0.2, 0) is 13.0 Å².